The van der Waals surface area contributed by atoms with Crippen molar-refractivity contribution in [3.63, 3.8) is 0 Å². The minimum absolute atomic E-state index is 0.984. The standard InChI is InChI=1S/C4H10N2S/c1-7-4-2-3-6-5/h3H,2,4-5H2,1H3/b6-3+. The molecule has 0 aliphatic rings. The Kier molecular flexibility index (Phi) is 5.67. The number of hydrazone groups is 1. The van der Waals surface area contributed by atoms with E-state index in [4.69, 9.17) is 5.84 Å². The first-order valence-corrected chi connectivity index (χ1v) is 3.52. The van der Waals surface area contributed by atoms with Crippen molar-refractivity contribution in [2.45, 2.75) is 6.42 Å². The minimum atomic E-state index is 0.984. The van der Waals surface area contributed by atoms with Crippen molar-refractivity contribution in [3.8, 4) is 0 Å². The smallest absolute Gasteiger partial charge is 0.0248 e. The molecule has 0 aromatic heterocycles. The molecule has 0 saturated carbocycles. The van der Waals surface area contributed by atoms with Crippen molar-refractivity contribution in [2.24, 2.45) is 10.9 Å². The van der Waals surface area contributed by atoms with Crippen LogP contribution in [0.3, 0.4) is 0 Å². The van der Waals surface area contributed by atoms with Crippen molar-refractivity contribution in [2.75, 3.05) is 12.0 Å². The zero-order valence-electron chi connectivity index (χ0n) is 4.42. The summed E-state index contributed by atoms with van der Waals surface area (Å²) < 4.78 is 0. The van der Waals surface area contributed by atoms with Gasteiger partial charge in [0.15, 0.2) is 0 Å². The van der Waals surface area contributed by atoms with Crippen LogP contribution in [-0.2, 0) is 0 Å². The van der Waals surface area contributed by atoms with E-state index in [1.54, 1.807) is 18.0 Å². The summed E-state index contributed by atoms with van der Waals surface area (Å²) in [6, 6.07) is 0. The third kappa shape index (κ3) is 5.82. The van der Waals surface area contributed by atoms with Gasteiger partial charge >= 0.3 is 0 Å². The van der Waals surface area contributed by atoms with Crippen molar-refractivity contribution in [1.82, 2.24) is 0 Å². The van der Waals surface area contributed by atoms with E-state index in [1.165, 1.54) is 0 Å². The van der Waals surface area contributed by atoms with Gasteiger partial charge in [-0.05, 0) is 18.4 Å². The maximum absolute atomic E-state index is 4.83. The van der Waals surface area contributed by atoms with Crippen molar-refractivity contribution in [3.05, 3.63) is 0 Å². The number of hydrogen-bond acceptors (Lipinski definition) is 3. The van der Waals surface area contributed by atoms with Crippen LogP contribution >= 0.6 is 11.8 Å². The van der Waals surface area contributed by atoms with Gasteiger partial charge < -0.3 is 5.84 Å². The molecular weight excluding hydrogens is 108 g/mol. The Balaban J connectivity index is 2.69. The Hall–Kier alpha value is -0.180. The van der Waals surface area contributed by atoms with Crippen LogP contribution in [0, 0.1) is 0 Å². The second-order valence-corrected chi connectivity index (χ2v) is 2.10. The van der Waals surface area contributed by atoms with Gasteiger partial charge in [-0.3, -0.25) is 0 Å². The predicted molar refractivity (Wildman–Crippen MR) is 35.7 cm³/mol. The maximum atomic E-state index is 4.83. The zero-order chi connectivity index (χ0) is 5.54. The normalized spacial score (nSPS) is 10.4. The largest absolute Gasteiger partial charge is 0.324 e. The Bertz CT molecular complexity index is 53.7. The highest BCUT2D eigenvalue weighted by molar-refractivity contribution is 7.98. The third-order valence-corrected chi connectivity index (χ3v) is 1.20. The van der Waals surface area contributed by atoms with Crippen molar-refractivity contribution >= 4 is 18.0 Å². The van der Waals surface area contributed by atoms with Gasteiger partial charge in [0.25, 0.3) is 0 Å². The summed E-state index contributed by atoms with van der Waals surface area (Å²) in [5, 5.41) is 3.33. The van der Waals surface area contributed by atoms with E-state index in [2.05, 4.69) is 11.4 Å². The van der Waals surface area contributed by atoms with Crippen molar-refractivity contribution < 1.29 is 0 Å². The molecule has 0 aromatic carbocycles. The van der Waals surface area contributed by atoms with E-state index in [-0.39, 0.29) is 0 Å². The first-order chi connectivity index (χ1) is 3.41. The van der Waals surface area contributed by atoms with E-state index in [1.807, 2.05) is 0 Å². The molecule has 0 bridgehead atoms. The fourth-order valence-corrected chi connectivity index (χ4v) is 0.586. The van der Waals surface area contributed by atoms with Gasteiger partial charge in [0.2, 0.25) is 0 Å². The highest BCUT2D eigenvalue weighted by Crippen LogP contribution is 1.91. The topological polar surface area (TPSA) is 38.4 Å². The number of hydrogen-bond donors (Lipinski definition) is 1. The van der Waals surface area contributed by atoms with E-state index in [0.29, 0.717) is 0 Å². The maximum Gasteiger partial charge on any atom is 0.0248 e. The highest BCUT2D eigenvalue weighted by atomic mass is 32.2. The first-order valence-electron chi connectivity index (χ1n) is 2.12. The molecule has 0 rings (SSSR count). The number of thioether (sulfide) groups is 1. The molecule has 0 amide bonds. The monoisotopic (exact) mass is 118 g/mol. The summed E-state index contributed by atoms with van der Waals surface area (Å²) in [6.45, 7) is 0. The highest BCUT2D eigenvalue weighted by Gasteiger charge is 1.74. The molecule has 3 heteroatoms. The summed E-state index contributed by atoms with van der Waals surface area (Å²) in [5.74, 6) is 5.94. The molecule has 0 saturated heterocycles. The molecule has 7 heavy (non-hydrogen) atoms. The van der Waals surface area contributed by atoms with E-state index in [9.17, 15) is 0 Å². The fourth-order valence-electron chi connectivity index (χ4n) is 0.245. The lowest BCUT2D eigenvalue weighted by Gasteiger charge is -1.83. The summed E-state index contributed by atoms with van der Waals surface area (Å²) in [6.07, 6.45) is 4.76. The summed E-state index contributed by atoms with van der Waals surface area (Å²) in [5.41, 5.74) is 0. The number of nitrogens with two attached hydrogens (primary N) is 1. The van der Waals surface area contributed by atoms with Crippen LogP contribution in [-0.4, -0.2) is 18.2 Å². The van der Waals surface area contributed by atoms with Gasteiger partial charge in [-0.2, -0.15) is 16.9 Å². The molecule has 0 aliphatic carbocycles. The van der Waals surface area contributed by atoms with Gasteiger partial charge in [-0.25, -0.2) is 0 Å². The van der Waals surface area contributed by atoms with Crippen LogP contribution in [0.25, 0.3) is 0 Å². The zero-order valence-corrected chi connectivity index (χ0v) is 5.24. The molecule has 2 N–H and O–H groups in total. The molecule has 0 aromatic rings. The van der Waals surface area contributed by atoms with E-state index in [0.717, 1.165) is 12.2 Å². The van der Waals surface area contributed by atoms with Crippen LogP contribution in [0.5, 0.6) is 0 Å². The lowest BCUT2D eigenvalue weighted by molar-refractivity contribution is 1.22. The number of nitrogens with zero attached hydrogens (tertiary/aromatic N) is 1. The van der Waals surface area contributed by atoms with Crippen LogP contribution in [0.1, 0.15) is 6.42 Å². The summed E-state index contributed by atoms with van der Waals surface area (Å²) in [4.78, 5) is 0. The van der Waals surface area contributed by atoms with Gasteiger partial charge in [-0.1, -0.05) is 0 Å². The Morgan fingerprint density at radius 3 is 3.00 bits per heavy atom. The molecule has 2 nitrogen and oxygen atoms in total. The van der Waals surface area contributed by atoms with Crippen molar-refractivity contribution in [1.29, 1.82) is 0 Å². The summed E-state index contributed by atoms with van der Waals surface area (Å²) >= 11 is 1.79. The van der Waals surface area contributed by atoms with Gasteiger partial charge in [0.05, 0.1) is 0 Å². The fraction of sp³-hybridized carbons (Fsp3) is 0.750. The molecule has 0 radical (unpaired) electrons. The lowest BCUT2D eigenvalue weighted by Crippen LogP contribution is -1.84. The lowest BCUT2D eigenvalue weighted by atomic mass is 10.5. The first kappa shape index (κ1) is 6.82. The molecule has 0 heterocycles. The summed E-state index contributed by atoms with van der Waals surface area (Å²) in [7, 11) is 0. The van der Waals surface area contributed by atoms with Crippen LogP contribution in [0.4, 0.5) is 0 Å². The third-order valence-electron chi connectivity index (χ3n) is 0.556. The second-order valence-electron chi connectivity index (χ2n) is 1.11. The minimum Gasteiger partial charge on any atom is -0.324 e. The van der Waals surface area contributed by atoms with E-state index < -0.39 is 0 Å². The molecule has 0 spiro atoms. The quantitative estimate of drug-likeness (QED) is 0.256. The SMILES string of the molecule is CSCC/C=N/N. The molecule has 0 aliphatic heterocycles. The Morgan fingerprint density at radius 2 is 2.57 bits per heavy atom. The average Bonchev–Trinajstić information content (AvgIpc) is 1.69. The predicted octanol–water partition coefficient (Wildman–Crippen LogP) is 0.684. The molecule has 0 unspecified atom stereocenters. The van der Waals surface area contributed by atoms with Gasteiger partial charge in [0, 0.05) is 6.21 Å². The molecule has 0 fully saturated rings. The van der Waals surface area contributed by atoms with Crippen LogP contribution < -0.4 is 5.84 Å². The average molecular weight is 118 g/mol. The van der Waals surface area contributed by atoms with Gasteiger partial charge in [0.1, 0.15) is 0 Å². The Labute approximate surface area is 48.2 Å². The second kappa shape index (κ2) is 5.82. The number of rotatable bonds is 3. The van der Waals surface area contributed by atoms with Crippen LogP contribution in [0.2, 0.25) is 0 Å². The molecular formula is C4H10N2S. The van der Waals surface area contributed by atoms with Crippen LogP contribution in [0.15, 0.2) is 5.10 Å². The van der Waals surface area contributed by atoms with Gasteiger partial charge in [-0.15, -0.1) is 0 Å². The Morgan fingerprint density at radius 1 is 1.86 bits per heavy atom. The molecule has 0 atom stereocenters. The molecule has 42 valence electrons. The van der Waals surface area contributed by atoms with E-state index >= 15 is 0 Å².